The molecule has 0 saturated heterocycles. The Labute approximate surface area is 166 Å². The smallest absolute Gasteiger partial charge is 0.240 e. The van der Waals surface area contributed by atoms with E-state index in [4.69, 9.17) is 15.5 Å². The van der Waals surface area contributed by atoms with Gasteiger partial charge in [-0.15, -0.1) is 10.2 Å². The summed E-state index contributed by atoms with van der Waals surface area (Å²) < 4.78 is 6.60. The summed E-state index contributed by atoms with van der Waals surface area (Å²) in [5.74, 6) is 6.82. The van der Waals surface area contributed by atoms with E-state index in [2.05, 4.69) is 16.3 Å². The second-order valence-corrected chi connectivity index (χ2v) is 7.46. The Morgan fingerprint density at radius 2 is 2.11 bits per heavy atom. The zero-order valence-electron chi connectivity index (χ0n) is 15.6. The Morgan fingerprint density at radius 3 is 2.75 bits per heavy atom. The van der Waals surface area contributed by atoms with Gasteiger partial charge in [0, 0.05) is 12.2 Å². The standard InChI is InChI=1S/C19H20N6O2S/c1-13-6-8-15(9-7-13)24(11-4-10-20)18(26)14(2)28-19-23-22-17(25(19)21)16-5-3-12-27-16/h3,5-9,12,14H,4,11,21H2,1-2H3. The number of nitrogens with two attached hydrogens (primary N) is 1. The zero-order valence-corrected chi connectivity index (χ0v) is 16.4. The molecule has 3 rings (SSSR count). The largest absolute Gasteiger partial charge is 0.461 e. The molecule has 9 heteroatoms. The number of carbonyl (C=O) groups is 1. The van der Waals surface area contributed by atoms with Crippen LogP contribution in [0.25, 0.3) is 11.6 Å². The molecule has 0 fully saturated rings. The van der Waals surface area contributed by atoms with Gasteiger partial charge in [-0.3, -0.25) is 4.79 Å². The lowest BCUT2D eigenvalue weighted by Crippen LogP contribution is -2.37. The second-order valence-electron chi connectivity index (χ2n) is 6.15. The number of thioether (sulfide) groups is 1. The van der Waals surface area contributed by atoms with Gasteiger partial charge in [0.15, 0.2) is 5.76 Å². The first-order valence-corrected chi connectivity index (χ1v) is 9.55. The van der Waals surface area contributed by atoms with Crippen LogP contribution in [0.4, 0.5) is 5.69 Å². The predicted octanol–water partition coefficient (Wildman–Crippen LogP) is 2.99. The van der Waals surface area contributed by atoms with Crippen LogP contribution >= 0.6 is 11.8 Å². The summed E-state index contributed by atoms with van der Waals surface area (Å²) in [6, 6.07) is 13.2. The molecule has 3 aromatic rings. The van der Waals surface area contributed by atoms with E-state index in [-0.39, 0.29) is 12.3 Å². The summed E-state index contributed by atoms with van der Waals surface area (Å²) in [6.07, 6.45) is 1.77. The highest BCUT2D eigenvalue weighted by molar-refractivity contribution is 8.00. The highest BCUT2D eigenvalue weighted by Crippen LogP contribution is 2.27. The lowest BCUT2D eigenvalue weighted by Gasteiger charge is -2.24. The molecule has 28 heavy (non-hydrogen) atoms. The molecule has 0 aliphatic carbocycles. The van der Waals surface area contributed by atoms with Gasteiger partial charge < -0.3 is 15.2 Å². The summed E-state index contributed by atoms with van der Waals surface area (Å²) >= 11 is 1.20. The van der Waals surface area contributed by atoms with Gasteiger partial charge in [0.25, 0.3) is 0 Å². The number of nitrogen functional groups attached to an aromatic ring is 1. The summed E-state index contributed by atoms with van der Waals surface area (Å²) in [4.78, 5) is 14.7. The van der Waals surface area contributed by atoms with Crippen molar-refractivity contribution >= 4 is 23.4 Å². The SMILES string of the molecule is Cc1ccc(N(CCC#N)C(=O)C(C)Sc2nnc(-c3ccco3)n2N)cc1. The highest BCUT2D eigenvalue weighted by atomic mass is 32.2. The van der Waals surface area contributed by atoms with Gasteiger partial charge in [0.2, 0.25) is 16.9 Å². The first kappa shape index (κ1) is 19.5. The minimum atomic E-state index is -0.476. The van der Waals surface area contributed by atoms with Crippen LogP contribution in [0.2, 0.25) is 0 Å². The van der Waals surface area contributed by atoms with Crippen molar-refractivity contribution in [1.82, 2.24) is 14.9 Å². The van der Waals surface area contributed by atoms with Crippen LogP contribution < -0.4 is 10.7 Å². The molecule has 2 heterocycles. The van der Waals surface area contributed by atoms with E-state index in [0.717, 1.165) is 11.3 Å². The van der Waals surface area contributed by atoms with Crippen LogP contribution in [-0.4, -0.2) is 32.6 Å². The number of amides is 1. The average Bonchev–Trinajstić information content (AvgIpc) is 3.33. The number of nitriles is 1. The molecule has 0 saturated carbocycles. The molecular weight excluding hydrogens is 376 g/mol. The average molecular weight is 396 g/mol. The topological polar surface area (TPSA) is 114 Å². The monoisotopic (exact) mass is 396 g/mol. The second kappa shape index (κ2) is 8.63. The number of anilines is 1. The van der Waals surface area contributed by atoms with Crippen molar-refractivity contribution in [3.63, 3.8) is 0 Å². The number of carbonyl (C=O) groups excluding carboxylic acids is 1. The van der Waals surface area contributed by atoms with Crippen LogP contribution in [0.1, 0.15) is 18.9 Å². The number of benzene rings is 1. The summed E-state index contributed by atoms with van der Waals surface area (Å²) in [7, 11) is 0. The third-order valence-corrected chi connectivity index (χ3v) is 5.14. The Morgan fingerprint density at radius 1 is 1.36 bits per heavy atom. The molecular formula is C19H20N6O2S. The molecule has 1 amide bonds. The normalized spacial score (nSPS) is 11.8. The minimum Gasteiger partial charge on any atom is -0.461 e. The molecule has 144 valence electrons. The Kier molecular flexibility index (Phi) is 6.01. The van der Waals surface area contributed by atoms with Crippen molar-refractivity contribution in [1.29, 1.82) is 5.26 Å². The quantitative estimate of drug-likeness (QED) is 0.482. The van der Waals surface area contributed by atoms with Gasteiger partial charge in [-0.2, -0.15) is 5.26 Å². The fraction of sp³-hybridized carbons (Fsp3) is 0.263. The van der Waals surface area contributed by atoms with E-state index in [0.29, 0.717) is 23.3 Å². The Hall–Kier alpha value is -3.25. The Balaban J connectivity index is 1.78. The lowest BCUT2D eigenvalue weighted by atomic mass is 10.2. The minimum absolute atomic E-state index is 0.133. The van der Waals surface area contributed by atoms with E-state index in [1.807, 2.05) is 31.2 Å². The van der Waals surface area contributed by atoms with Crippen molar-refractivity contribution in [3.8, 4) is 17.7 Å². The van der Waals surface area contributed by atoms with Crippen LogP contribution in [0.3, 0.4) is 0 Å². The number of aryl methyl sites for hydroxylation is 1. The third-order valence-electron chi connectivity index (χ3n) is 4.09. The van der Waals surface area contributed by atoms with E-state index in [1.165, 1.54) is 22.7 Å². The van der Waals surface area contributed by atoms with E-state index in [9.17, 15) is 4.79 Å². The molecule has 8 nitrogen and oxygen atoms in total. The van der Waals surface area contributed by atoms with Gasteiger partial charge >= 0.3 is 0 Å². The first-order chi connectivity index (χ1) is 13.5. The number of furan rings is 1. The van der Waals surface area contributed by atoms with Gasteiger partial charge in [0.1, 0.15) is 0 Å². The van der Waals surface area contributed by atoms with Crippen molar-refractivity contribution < 1.29 is 9.21 Å². The maximum absolute atomic E-state index is 13.1. The van der Waals surface area contributed by atoms with Crippen molar-refractivity contribution in [3.05, 3.63) is 48.2 Å². The van der Waals surface area contributed by atoms with E-state index < -0.39 is 5.25 Å². The number of rotatable bonds is 7. The van der Waals surface area contributed by atoms with E-state index in [1.54, 1.807) is 24.0 Å². The number of nitrogens with zero attached hydrogens (tertiary/aromatic N) is 5. The highest BCUT2D eigenvalue weighted by Gasteiger charge is 2.25. The van der Waals surface area contributed by atoms with Gasteiger partial charge in [-0.25, -0.2) is 4.68 Å². The molecule has 1 unspecified atom stereocenters. The maximum atomic E-state index is 13.1. The van der Waals surface area contributed by atoms with Crippen molar-refractivity contribution in [2.24, 2.45) is 0 Å². The van der Waals surface area contributed by atoms with Crippen LogP contribution in [-0.2, 0) is 4.79 Å². The predicted molar refractivity (Wildman–Crippen MR) is 107 cm³/mol. The lowest BCUT2D eigenvalue weighted by molar-refractivity contribution is -0.117. The number of hydrogen-bond acceptors (Lipinski definition) is 7. The van der Waals surface area contributed by atoms with Crippen LogP contribution in [0.5, 0.6) is 0 Å². The van der Waals surface area contributed by atoms with Gasteiger partial charge in [0.05, 0.1) is 24.0 Å². The van der Waals surface area contributed by atoms with Crippen molar-refractivity contribution in [2.45, 2.75) is 30.7 Å². The number of aromatic nitrogens is 3. The molecule has 0 aliphatic heterocycles. The number of hydrogen-bond donors (Lipinski definition) is 1. The van der Waals surface area contributed by atoms with Crippen LogP contribution in [0, 0.1) is 18.3 Å². The molecule has 2 N–H and O–H groups in total. The fourth-order valence-electron chi connectivity index (χ4n) is 2.61. The van der Waals surface area contributed by atoms with Gasteiger partial charge in [-0.05, 0) is 38.1 Å². The third kappa shape index (κ3) is 4.18. The summed E-state index contributed by atoms with van der Waals surface area (Å²) in [5.41, 5.74) is 1.85. The van der Waals surface area contributed by atoms with E-state index >= 15 is 0 Å². The summed E-state index contributed by atoms with van der Waals surface area (Å²) in [6.45, 7) is 4.08. The van der Waals surface area contributed by atoms with Gasteiger partial charge in [-0.1, -0.05) is 29.5 Å². The molecule has 0 spiro atoms. The first-order valence-electron chi connectivity index (χ1n) is 8.67. The molecule has 1 atom stereocenters. The van der Waals surface area contributed by atoms with Crippen LogP contribution in [0.15, 0.2) is 52.2 Å². The molecule has 0 radical (unpaired) electrons. The summed E-state index contributed by atoms with van der Waals surface area (Å²) in [5, 5.41) is 17.0. The Bertz CT molecular complexity index is 975. The fourth-order valence-corrected chi connectivity index (χ4v) is 3.44. The maximum Gasteiger partial charge on any atom is 0.240 e. The molecule has 1 aromatic carbocycles. The molecule has 0 aliphatic rings. The zero-order chi connectivity index (χ0) is 20.1. The molecule has 2 aromatic heterocycles. The van der Waals surface area contributed by atoms with Crippen molar-refractivity contribution in [2.75, 3.05) is 17.3 Å². The molecule has 0 bridgehead atoms.